The highest BCUT2D eigenvalue weighted by atomic mass is 35.5. The molecule has 0 spiro atoms. The summed E-state index contributed by atoms with van der Waals surface area (Å²) < 4.78 is 0. The van der Waals surface area contributed by atoms with E-state index in [1.807, 2.05) is 38.1 Å². The molecular formula is C18H29ClN4O2. The van der Waals surface area contributed by atoms with Gasteiger partial charge in [0.1, 0.15) is 0 Å². The molecule has 140 valence electrons. The minimum Gasteiger partial charge on any atom is -0.348 e. The second kappa shape index (κ2) is 9.06. The van der Waals surface area contributed by atoms with E-state index in [1.165, 1.54) is 0 Å². The maximum Gasteiger partial charge on any atom is 0.319 e. The number of hydrogen-bond donors (Lipinski definition) is 4. The number of anilines is 1. The molecule has 7 heteroatoms. The van der Waals surface area contributed by atoms with Crippen LogP contribution >= 0.6 is 12.4 Å². The van der Waals surface area contributed by atoms with Gasteiger partial charge in [0.15, 0.2) is 0 Å². The molecule has 0 aliphatic heterocycles. The van der Waals surface area contributed by atoms with E-state index < -0.39 is 5.54 Å². The Hall–Kier alpha value is -1.79. The van der Waals surface area contributed by atoms with Gasteiger partial charge < -0.3 is 21.7 Å². The second-order valence-electron chi connectivity index (χ2n) is 6.86. The molecule has 1 fully saturated rings. The summed E-state index contributed by atoms with van der Waals surface area (Å²) in [6.45, 7) is 5.68. The average Bonchev–Trinajstić information content (AvgIpc) is 3.31. The number of carbonyl (C=O) groups excluding carboxylic acids is 2. The van der Waals surface area contributed by atoms with Gasteiger partial charge in [0.2, 0.25) is 5.91 Å². The van der Waals surface area contributed by atoms with Gasteiger partial charge in [-0.3, -0.25) is 4.79 Å². The van der Waals surface area contributed by atoms with Gasteiger partial charge in [-0.05, 0) is 50.8 Å². The van der Waals surface area contributed by atoms with E-state index >= 15 is 0 Å². The molecule has 5 N–H and O–H groups in total. The fourth-order valence-corrected chi connectivity index (χ4v) is 2.51. The minimum atomic E-state index is -0.856. The summed E-state index contributed by atoms with van der Waals surface area (Å²) in [7, 11) is 0. The summed E-state index contributed by atoms with van der Waals surface area (Å²) in [4.78, 5) is 24.0. The highest BCUT2D eigenvalue weighted by Crippen LogP contribution is 2.20. The van der Waals surface area contributed by atoms with Gasteiger partial charge >= 0.3 is 6.03 Å². The van der Waals surface area contributed by atoms with Crippen LogP contribution < -0.4 is 21.7 Å². The van der Waals surface area contributed by atoms with Crippen molar-refractivity contribution >= 4 is 30.0 Å². The van der Waals surface area contributed by atoms with E-state index in [4.69, 9.17) is 5.73 Å². The van der Waals surface area contributed by atoms with Crippen LogP contribution in [0.5, 0.6) is 0 Å². The predicted molar refractivity (Wildman–Crippen MR) is 103 cm³/mol. The first-order chi connectivity index (χ1) is 11.3. The number of rotatable bonds is 7. The van der Waals surface area contributed by atoms with Crippen molar-refractivity contribution in [1.82, 2.24) is 10.6 Å². The summed E-state index contributed by atoms with van der Waals surface area (Å²) in [6, 6.07) is 7.46. The summed E-state index contributed by atoms with van der Waals surface area (Å²) >= 11 is 0. The molecular weight excluding hydrogens is 340 g/mol. The number of amides is 3. The number of urea groups is 1. The molecule has 1 aromatic carbocycles. The van der Waals surface area contributed by atoms with E-state index in [2.05, 4.69) is 16.0 Å². The second-order valence-corrected chi connectivity index (χ2v) is 6.86. The normalized spacial score (nSPS) is 16.8. The summed E-state index contributed by atoms with van der Waals surface area (Å²) in [6.07, 6.45) is 3.62. The van der Waals surface area contributed by atoms with Crippen molar-refractivity contribution in [2.75, 3.05) is 5.32 Å². The van der Waals surface area contributed by atoms with Crippen molar-refractivity contribution in [2.24, 2.45) is 5.73 Å². The fraction of sp³-hybridized carbons (Fsp3) is 0.556. The topological polar surface area (TPSA) is 96.2 Å². The first kappa shape index (κ1) is 21.3. The molecule has 3 amide bonds. The molecule has 0 saturated heterocycles. The Labute approximate surface area is 155 Å². The molecule has 6 nitrogen and oxygen atoms in total. The molecule has 1 saturated carbocycles. The van der Waals surface area contributed by atoms with Crippen molar-refractivity contribution in [1.29, 1.82) is 0 Å². The van der Waals surface area contributed by atoms with Crippen LogP contribution in [0.4, 0.5) is 10.5 Å². The van der Waals surface area contributed by atoms with E-state index in [9.17, 15) is 9.59 Å². The van der Waals surface area contributed by atoms with Crippen molar-refractivity contribution in [3.05, 3.63) is 29.8 Å². The SMILES string of the molecule is CCCC(C)(N)C(=O)NC(C)c1ccc(NC(=O)NC2CC2)cc1.Cl. The van der Waals surface area contributed by atoms with E-state index in [0.717, 1.165) is 30.5 Å². The Morgan fingerprint density at radius 1 is 1.28 bits per heavy atom. The monoisotopic (exact) mass is 368 g/mol. The lowest BCUT2D eigenvalue weighted by molar-refractivity contribution is -0.126. The molecule has 2 atom stereocenters. The largest absolute Gasteiger partial charge is 0.348 e. The molecule has 1 aliphatic rings. The molecule has 0 aromatic heterocycles. The van der Waals surface area contributed by atoms with Crippen LogP contribution in [0.15, 0.2) is 24.3 Å². The van der Waals surface area contributed by atoms with Crippen LogP contribution in [0, 0.1) is 0 Å². The highest BCUT2D eigenvalue weighted by Gasteiger charge is 2.28. The van der Waals surface area contributed by atoms with Gasteiger partial charge in [0.05, 0.1) is 11.6 Å². The maximum atomic E-state index is 12.3. The Morgan fingerprint density at radius 3 is 2.40 bits per heavy atom. The number of halogens is 1. The Balaban J connectivity index is 0.00000312. The van der Waals surface area contributed by atoms with Crippen molar-refractivity contribution in [3.8, 4) is 0 Å². The third-order valence-electron chi connectivity index (χ3n) is 4.22. The lowest BCUT2D eigenvalue weighted by Crippen LogP contribution is -2.52. The molecule has 1 aromatic rings. The maximum absolute atomic E-state index is 12.3. The minimum absolute atomic E-state index is 0. The number of hydrogen-bond acceptors (Lipinski definition) is 3. The predicted octanol–water partition coefficient (Wildman–Crippen LogP) is 3.09. The smallest absolute Gasteiger partial charge is 0.319 e. The van der Waals surface area contributed by atoms with Crippen LogP contribution in [-0.4, -0.2) is 23.5 Å². The summed E-state index contributed by atoms with van der Waals surface area (Å²) in [5.74, 6) is -0.150. The van der Waals surface area contributed by atoms with Crippen LogP contribution in [0.25, 0.3) is 0 Å². The van der Waals surface area contributed by atoms with Gasteiger partial charge in [-0.15, -0.1) is 12.4 Å². The number of carbonyl (C=O) groups is 2. The third-order valence-corrected chi connectivity index (χ3v) is 4.22. The quantitative estimate of drug-likeness (QED) is 0.595. The standard InChI is InChI=1S/C18H28N4O2.ClH/c1-4-11-18(3,19)16(23)20-12(2)13-5-7-14(8-6-13)21-17(24)22-15-9-10-15;/h5-8,12,15H,4,9-11,19H2,1-3H3,(H,20,23)(H2,21,22,24);1H. The van der Waals surface area contributed by atoms with Gasteiger partial charge in [-0.2, -0.15) is 0 Å². The molecule has 1 aliphatic carbocycles. The van der Waals surface area contributed by atoms with Crippen molar-refractivity contribution in [2.45, 2.75) is 64.1 Å². The average molecular weight is 369 g/mol. The van der Waals surface area contributed by atoms with Crippen LogP contribution in [0.3, 0.4) is 0 Å². The molecule has 25 heavy (non-hydrogen) atoms. The molecule has 0 radical (unpaired) electrons. The summed E-state index contributed by atoms with van der Waals surface area (Å²) in [5, 5.41) is 8.63. The lowest BCUT2D eigenvalue weighted by Gasteiger charge is -2.25. The first-order valence-electron chi connectivity index (χ1n) is 8.59. The summed E-state index contributed by atoms with van der Waals surface area (Å²) in [5.41, 5.74) is 6.89. The number of nitrogens with two attached hydrogens (primary N) is 1. The van der Waals surface area contributed by atoms with Crippen LogP contribution in [0.2, 0.25) is 0 Å². The van der Waals surface area contributed by atoms with Crippen molar-refractivity contribution < 1.29 is 9.59 Å². The Kier molecular flexibility index (Phi) is 7.70. The zero-order chi connectivity index (χ0) is 17.7. The van der Waals surface area contributed by atoms with Gasteiger partial charge in [-0.1, -0.05) is 25.5 Å². The molecule has 2 unspecified atom stereocenters. The number of benzene rings is 1. The van der Waals surface area contributed by atoms with Crippen LogP contribution in [-0.2, 0) is 4.79 Å². The molecule has 0 heterocycles. The zero-order valence-electron chi connectivity index (χ0n) is 15.1. The third kappa shape index (κ3) is 6.55. The number of nitrogens with one attached hydrogen (secondary N) is 3. The fourth-order valence-electron chi connectivity index (χ4n) is 2.51. The van der Waals surface area contributed by atoms with Crippen LogP contribution in [0.1, 0.15) is 58.1 Å². The Bertz CT molecular complexity index is 585. The zero-order valence-corrected chi connectivity index (χ0v) is 15.9. The van der Waals surface area contributed by atoms with Crippen molar-refractivity contribution in [3.63, 3.8) is 0 Å². The first-order valence-corrected chi connectivity index (χ1v) is 8.59. The highest BCUT2D eigenvalue weighted by molar-refractivity contribution is 5.89. The molecule has 2 rings (SSSR count). The van der Waals surface area contributed by atoms with Gasteiger partial charge in [-0.25, -0.2) is 4.79 Å². The van der Waals surface area contributed by atoms with E-state index in [1.54, 1.807) is 6.92 Å². The lowest BCUT2D eigenvalue weighted by atomic mass is 9.95. The van der Waals surface area contributed by atoms with E-state index in [-0.39, 0.29) is 30.4 Å². The van der Waals surface area contributed by atoms with Gasteiger partial charge in [0, 0.05) is 11.7 Å². The Morgan fingerprint density at radius 2 is 1.88 bits per heavy atom. The molecule has 0 bridgehead atoms. The van der Waals surface area contributed by atoms with Gasteiger partial charge in [0.25, 0.3) is 0 Å². The van der Waals surface area contributed by atoms with E-state index in [0.29, 0.717) is 12.5 Å².